The number of halogens is 2. The van der Waals surface area contributed by atoms with Crippen molar-refractivity contribution < 1.29 is 27.6 Å². The Bertz CT molecular complexity index is 650. The fraction of sp³-hybridized carbons (Fsp3) is 0.588. The zero-order chi connectivity index (χ0) is 18.4. The van der Waals surface area contributed by atoms with Crippen LogP contribution in [0.2, 0.25) is 0 Å². The van der Waals surface area contributed by atoms with Crippen LogP contribution in [-0.2, 0) is 14.0 Å². The third-order valence-electron chi connectivity index (χ3n) is 5.11. The molecule has 1 amide bonds. The second kappa shape index (κ2) is 6.34. The fourth-order valence-corrected chi connectivity index (χ4v) is 2.84. The number of ether oxygens (including phenoxy) is 1. The predicted molar refractivity (Wildman–Crippen MR) is 88.8 cm³/mol. The van der Waals surface area contributed by atoms with E-state index in [0.717, 1.165) is 12.1 Å². The number of hydrogen-bond donors (Lipinski definition) is 0. The summed E-state index contributed by atoms with van der Waals surface area (Å²) in [5.41, 5.74) is -1.76. The summed E-state index contributed by atoms with van der Waals surface area (Å²) in [5.74, 6) is -2.12. The molecule has 0 unspecified atom stereocenters. The third kappa shape index (κ3) is 3.30. The molecule has 0 spiro atoms. The Morgan fingerprint density at radius 3 is 2.00 bits per heavy atom. The van der Waals surface area contributed by atoms with Crippen LogP contribution in [0.1, 0.15) is 38.1 Å². The van der Waals surface area contributed by atoms with Crippen LogP contribution in [-0.4, -0.2) is 55.4 Å². The number of rotatable bonds is 2. The minimum absolute atomic E-state index is 0.0304. The van der Waals surface area contributed by atoms with Crippen molar-refractivity contribution in [3.8, 4) is 0 Å². The number of benzene rings is 1. The summed E-state index contributed by atoms with van der Waals surface area (Å²) in [6.45, 7) is 8.87. The number of morpholine rings is 1. The SMILES string of the molecule is CC1(C)OB(c2c(F)cc(C(=O)N3CCOCC3)cc2F)OC1(C)C. The largest absolute Gasteiger partial charge is 0.500 e. The van der Waals surface area contributed by atoms with E-state index in [-0.39, 0.29) is 11.0 Å². The van der Waals surface area contributed by atoms with E-state index >= 15 is 0 Å². The molecule has 2 aliphatic heterocycles. The number of carbonyl (C=O) groups is 1. The third-order valence-corrected chi connectivity index (χ3v) is 5.11. The van der Waals surface area contributed by atoms with Gasteiger partial charge in [0.1, 0.15) is 11.6 Å². The minimum Gasteiger partial charge on any atom is -0.399 e. The van der Waals surface area contributed by atoms with Gasteiger partial charge in [-0.15, -0.1) is 0 Å². The van der Waals surface area contributed by atoms with Gasteiger partial charge in [-0.05, 0) is 39.8 Å². The van der Waals surface area contributed by atoms with Crippen molar-refractivity contribution in [2.24, 2.45) is 0 Å². The van der Waals surface area contributed by atoms with Crippen LogP contribution in [0.15, 0.2) is 12.1 Å². The smallest absolute Gasteiger partial charge is 0.399 e. The molecule has 1 aromatic rings. The van der Waals surface area contributed by atoms with E-state index in [1.54, 1.807) is 27.7 Å². The van der Waals surface area contributed by atoms with E-state index in [4.69, 9.17) is 14.0 Å². The molecule has 1 aromatic carbocycles. The van der Waals surface area contributed by atoms with Gasteiger partial charge in [0.25, 0.3) is 5.91 Å². The minimum atomic E-state index is -1.16. The van der Waals surface area contributed by atoms with Crippen LogP contribution in [0.3, 0.4) is 0 Å². The molecular weight excluding hydrogens is 331 g/mol. The summed E-state index contributed by atoms with van der Waals surface area (Å²) in [4.78, 5) is 13.9. The van der Waals surface area contributed by atoms with Gasteiger partial charge in [0.2, 0.25) is 0 Å². The van der Waals surface area contributed by atoms with Crippen LogP contribution in [0.4, 0.5) is 8.78 Å². The Balaban J connectivity index is 1.87. The molecule has 0 saturated carbocycles. The molecule has 0 aliphatic carbocycles. The van der Waals surface area contributed by atoms with E-state index in [1.807, 2.05) is 0 Å². The molecule has 2 saturated heterocycles. The molecule has 3 rings (SSSR count). The maximum absolute atomic E-state index is 14.6. The molecular formula is C17H22BF2NO4. The molecule has 2 heterocycles. The maximum atomic E-state index is 14.6. The van der Waals surface area contributed by atoms with Crippen LogP contribution in [0, 0.1) is 11.6 Å². The molecule has 0 radical (unpaired) electrons. The van der Waals surface area contributed by atoms with Crippen LogP contribution in [0.25, 0.3) is 0 Å². The Kier molecular flexibility index (Phi) is 4.64. The summed E-state index contributed by atoms with van der Waals surface area (Å²) in [6.07, 6.45) is 0. The maximum Gasteiger partial charge on any atom is 0.500 e. The van der Waals surface area contributed by atoms with Gasteiger partial charge in [-0.2, -0.15) is 0 Å². The number of amides is 1. The molecule has 8 heteroatoms. The molecule has 2 fully saturated rings. The van der Waals surface area contributed by atoms with Crippen LogP contribution >= 0.6 is 0 Å². The second-order valence-corrected chi connectivity index (χ2v) is 7.35. The Labute approximate surface area is 146 Å². The highest BCUT2D eigenvalue weighted by atomic mass is 19.1. The lowest BCUT2D eigenvalue weighted by Crippen LogP contribution is -2.42. The van der Waals surface area contributed by atoms with Gasteiger partial charge in [0.05, 0.1) is 29.9 Å². The molecule has 0 atom stereocenters. The highest BCUT2D eigenvalue weighted by Gasteiger charge is 2.53. The lowest BCUT2D eigenvalue weighted by Gasteiger charge is -2.32. The van der Waals surface area contributed by atoms with Gasteiger partial charge in [-0.3, -0.25) is 4.79 Å². The van der Waals surface area contributed by atoms with Gasteiger partial charge >= 0.3 is 7.12 Å². The lowest BCUT2D eigenvalue weighted by molar-refractivity contribution is 0.00578. The standard InChI is InChI=1S/C17H22BF2NO4/c1-16(2)17(3,4)25-18(24-16)14-12(19)9-11(10-13(14)20)15(22)21-5-7-23-8-6-21/h9-10H,5-8H2,1-4H3. The van der Waals surface area contributed by atoms with E-state index in [1.165, 1.54) is 4.90 Å². The summed E-state index contributed by atoms with van der Waals surface area (Å²) >= 11 is 0. The summed E-state index contributed by atoms with van der Waals surface area (Å²) < 4.78 is 45.8. The van der Waals surface area contributed by atoms with E-state index in [2.05, 4.69) is 0 Å². The number of nitrogens with zero attached hydrogens (tertiary/aromatic N) is 1. The van der Waals surface area contributed by atoms with Crippen molar-refractivity contribution in [1.29, 1.82) is 0 Å². The molecule has 5 nitrogen and oxygen atoms in total. The first-order chi connectivity index (χ1) is 11.6. The molecule has 136 valence electrons. The van der Waals surface area contributed by atoms with Crippen molar-refractivity contribution in [3.05, 3.63) is 29.3 Å². The highest BCUT2D eigenvalue weighted by molar-refractivity contribution is 6.62. The molecule has 0 N–H and O–H groups in total. The van der Waals surface area contributed by atoms with E-state index in [9.17, 15) is 13.6 Å². The first-order valence-electron chi connectivity index (χ1n) is 8.34. The average Bonchev–Trinajstić information content (AvgIpc) is 2.74. The molecule has 0 aromatic heterocycles. The lowest BCUT2D eigenvalue weighted by atomic mass is 9.77. The van der Waals surface area contributed by atoms with E-state index < -0.39 is 35.9 Å². The molecule has 0 bridgehead atoms. The van der Waals surface area contributed by atoms with Gasteiger partial charge < -0.3 is 18.9 Å². The predicted octanol–water partition coefficient (Wildman–Crippen LogP) is 1.74. The van der Waals surface area contributed by atoms with Gasteiger partial charge in [-0.1, -0.05) is 0 Å². The molecule has 25 heavy (non-hydrogen) atoms. The van der Waals surface area contributed by atoms with Crippen molar-refractivity contribution >= 4 is 18.5 Å². The summed E-state index contributed by atoms with van der Waals surface area (Å²) in [7, 11) is -1.16. The average molecular weight is 353 g/mol. The summed E-state index contributed by atoms with van der Waals surface area (Å²) in [6, 6.07) is 2.09. The Morgan fingerprint density at radius 2 is 1.52 bits per heavy atom. The number of carbonyl (C=O) groups excluding carboxylic acids is 1. The van der Waals surface area contributed by atoms with Crippen LogP contribution in [0.5, 0.6) is 0 Å². The highest BCUT2D eigenvalue weighted by Crippen LogP contribution is 2.36. The van der Waals surface area contributed by atoms with Crippen molar-refractivity contribution in [2.45, 2.75) is 38.9 Å². The molecule has 2 aliphatic rings. The van der Waals surface area contributed by atoms with Crippen molar-refractivity contribution in [1.82, 2.24) is 4.90 Å². The zero-order valence-corrected chi connectivity index (χ0v) is 14.9. The van der Waals surface area contributed by atoms with Crippen molar-refractivity contribution in [2.75, 3.05) is 26.3 Å². The Hall–Kier alpha value is -1.51. The van der Waals surface area contributed by atoms with Crippen LogP contribution < -0.4 is 5.46 Å². The second-order valence-electron chi connectivity index (χ2n) is 7.35. The quantitative estimate of drug-likeness (QED) is 0.760. The topological polar surface area (TPSA) is 48.0 Å². The van der Waals surface area contributed by atoms with E-state index in [0.29, 0.717) is 26.3 Å². The first-order valence-corrected chi connectivity index (χ1v) is 8.34. The monoisotopic (exact) mass is 353 g/mol. The Morgan fingerprint density at radius 1 is 1.04 bits per heavy atom. The normalized spacial score (nSPS) is 22.3. The van der Waals surface area contributed by atoms with Gasteiger partial charge in [0, 0.05) is 18.7 Å². The number of hydrogen-bond acceptors (Lipinski definition) is 4. The van der Waals surface area contributed by atoms with Gasteiger partial charge in [0.15, 0.2) is 0 Å². The van der Waals surface area contributed by atoms with Crippen molar-refractivity contribution in [3.63, 3.8) is 0 Å². The zero-order valence-electron chi connectivity index (χ0n) is 14.9. The first kappa shape index (κ1) is 18.3. The fourth-order valence-electron chi connectivity index (χ4n) is 2.84. The van der Waals surface area contributed by atoms with Gasteiger partial charge in [-0.25, -0.2) is 8.78 Å². The summed E-state index contributed by atoms with van der Waals surface area (Å²) in [5, 5.41) is 0.